The summed E-state index contributed by atoms with van der Waals surface area (Å²) in [6, 6.07) is 2.46. The van der Waals surface area contributed by atoms with Gasteiger partial charge in [0.05, 0.1) is 0 Å². The minimum Gasteiger partial charge on any atom is -0.423 e. The Morgan fingerprint density at radius 3 is 2.33 bits per heavy atom. The summed E-state index contributed by atoms with van der Waals surface area (Å²) in [6.07, 6.45) is 0. The maximum atomic E-state index is 12.7. The van der Waals surface area contributed by atoms with Crippen molar-refractivity contribution in [3.63, 3.8) is 0 Å². The van der Waals surface area contributed by atoms with Crippen LogP contribution in [-0.4, -0.2) is 17.2 Å². The summed E-state index contributed by atoms with van der Waals surface area (Å²) in [5.41, 5.74) is 0.208. The second-order valence-electron chi connectivity index (χ2n) is 2.16. The van der Waals surface area contributed by atoms with Crippen molar-refractivity contribution < 1.29 is 14.4 Å². The lowest BCUT2D eigenvalue weighted by atomic mass is 9.80. The summed E-state index contributed by atoms with van der Waals surface area (Å²) in [5.74, 6) is -0.456. The Balaban J connectivity index is 3.28. The molecule has 0 aliphatic heterocycles. The zero-order valence-electron chi connectivity index (χ0n) is 5.76. The van der Waals surface area contributed by atoms with E-state index in [0.717, 1.165) is 6.07 Å². The highest BCUT2D eigenvalue weighted by Crippen LogP contribution is 2.14. The average Bonchev–Trinajstić information content (AvgIpc) is 1.96. The molecule has 0 heterocycles. The van der Waals surface area contributed by atoms with E-state index in [1.165, 1.54) is 6.07 Å². The van der Waals surface area contributed by atoms with E-state index in [1.54, 1.807) is 0 Å². The van der Waals surface area contributed by atoms with E-state index in [9.17, 15) is 4.39 Å². The molecular weight excluding hydrogens is 388 g/mol. The molecule has 0 amide bonds. The van der Waals surface area contributed by atoms with Crippen molar-refractivity contribution in [2.75, 3.05) is 0 Å². The van der Waals surface area contributed by atoms with E-state index >= 15 is 0 Å². The topological polar surface area (TPSA) is 40.5 Å². The van der Waals surface area contributed by atoms with Gasteiger partial charge in [-0.3, -0.25) is 0 Å². The maximum absolute atomic E-state index is 12.7. The van der Waals surface area contributed by atoms with Crippen LogP contribution >= 0.6 is 45.2 Å². The molecule has 0 atom stereocenters. The fraction of sp³-hybridized carbons (Fsp3) is 0. The van der Waals surface area contributed by atoms with Gasteiger partial charge in [-0.2, -0.15) is 0 Å². The highest BCUT2D eigenvalue weighted by molar-refractivity contribution is 14.1. The normalized spacial score (nSPS) is 10.1. The molecule has 0 aromatic heterocycles. The van der Waals surface area contributed by atoms with Gasteiger partial charge in [0.15, 0.2) is 0 Å². The lowest BCUT2D eigenvalue weighted by Crippen LogP contribution is -2.33. The van der Waals surface area contributed by atoms with E-state index in [0.29, 0.717) is 7.14 Å². The number of hydrogen-bond acceptors (Lipinski definition) is 2. The standard InChI is InChI=1S/C6H4BFI2O2/c8-3-1-4(7(11)12)6(10)5(9)2-3/h1-2,11-12H. The predicted molar refractivity (Wildman–Crippen MR) is 61.7 cm³/mol. The second kappa shape index (κ2) is 4.20. The zero-order chi connectivity index (χ0) is 9.30. The fourth-order valence-corrected chi connectivity index (χ4v) is 1.96. The van der Waals surface area contributed by atoms with Crippen LogP contribution in [0.5, 0.6) is 0 Å². The Labute approximate surface area is 96.6 Å². The third-order valence-corrected chi connectivity index (χ3v) is 4.39. The lowest BCUT2D eigenvalue weighted by molar-refractivity contribution is 0.425. The lowest BCUT2D eigenvalue weighted by Gasteiger charge is -2.04. The van der Waals surface area contributed by atoms with Crippen LogP contribution in [0.25, 0.3) is 0 Å². The van der Waals surface area contributed by atoms with Crippen LogP contribution in [0.4, 0.5) is 4.39 Å². The van der Waals surface area contributed by atoms with Gasteiger partial charge in [-0.05, 0) is 62.8 Å². The fourth-order valence-electron chi connectivity index (χ4n) is 0.764. The van der Waals surface area contributed by atoms with Gasteiger partial charge in [-0.15, -0.1) is 0 Å². The molecule has 0 saturated heterocycles. The minimum absolute atomic E-state index is 0.208. The monoisotopic (exact) mass is 392 g/mol. The van der Waals surface area contributed by atoms with E-state index in [1.807, 2.05) is 45.2 Å². The van der Waals surface area contributed by atoms with Gasteiger partial charge in [0.25, 0.3) is 0 Å². The molecule has 0 unspecified atom stereocenters. The second-order valence-corrected chi connectivity index (χ2v) is 4.41. The Bertz CT molecular complexity index is 306. The summed E-state index contributed by atoms with van der Waals surface area (Å²) in [4.78, 5) is 0. The molecule has 1 aromatic carbocycles. The predicted octanol–water partition coefficient (Wildman–Crippen LogP) is 0.715. The number of rotatable bonds is 1. The molecule has 2 nitrogen and oxygen atoms in total. The van der Waals surface area contributed by atoms with Gasteiger partial charge in [0, 0.05) is 7.14 Å². The van der Waals surface area contributed by atoms with Gasteiger partial charge in [0.2, 0.25) is 0 Å². The van der Waals surface area contributed by atoms with Crippen LogP contribution in [0.15, 0.2) is 12.1 Å². The Morgan fingerprint density at radius 1 is 1.25 bits per heavy atom. The molecule has 0 saturated carbocycles. The maximum Gasteiger partial charge on any atom is 0.489 e. The SMILES string of the molecule is OB(O)c1cc(F)cc(I)c1I. The summed E-state index contributed by atoms with van der Waals surface area (Å²) in [7, 11) is -1.61. The van der Waals surface area contributed by atoms with Crippen molar-refractivity contribution in [3.05, 3.63) is 25.1 Å². The van der Waals surface area contributed by atoms with Crippen LogP contribution < -0.4 is 5.46 Å². The van der Waals surface area contributed by atoms with E-state index in [2.05, 4.69) is 0 Å². The highest BCUT2D eigenvalue weighted by atomic mass is 127. The molecule has 6 heteroatoms. The Kier molecular flexibility index (Phi) is 3.74. The molecule has 0 aliphatic rings. The van der Waals surface area contributed by atoms with Gasteiger partial charge in [-0.1, -0.05) is 0 Å². The van der Waals surface area contributed by atoms with Crippen LogP contribution in [0.3, 0.4) is 0 Å². The van der Waals surface area contributed by atoms with Crippen molar-refractivity contribution in [1.82, 2.24) is 0 Å². The zero-order valence-corrected chi connectivity index (χ0v) is 10.1. The molecule has 1 aromatic rings. The van der Waals surface area contributed by atoms with E-state index < -0.39 is 12.9 Å². The van der Waals surface area contributed by atoms with Crippen molar-refractivity contribution in [2.24, 2.45) is 0 Å². The summed E-state index contributed by atoms with van der Waals surface area (Å²) >= 11 is 3.88. The summed E-state index contributed by atoms with van der Waals surface area (Å²) < 4.78 is 14.1. The van der Waals surface area contributed by atoms with Crippen molar-refractivity contribution in [2.45, 2.75) is 0 Å². The summed E-state index contributed by atoms with van der Waals surface area (Å²) in [5, 5.41) is 17.7. The van der Waals surface area contributed by atoms with Gasteiger partial charge in [-0.25, -0.2) is 4.39 Å². The minimum atomic E-state index is -1.61. The molecule has 12 heavy (non-hydrogen) atoms. The number of halogens is 3. The highest BCUT2D eigenvalue weighted by Gasteiger charge is 2.17. The van der Waals surface area contributed by atoms with Gasteiger partial charge >= 0.3 is 7.12 Å². The van der Waals surface area contributed by atoms with Gasteiger partial charge < -0.3 is 10.0 Å². The molecular formula is C6H4BFI2O2. The molecule has 0 bridgehead atoms. The van der Waals surface area contributed by atoms with E-state index in [-0.39, 0.29) is 5.46 Å². The third kappa shape index (κ3) is 2.30. The molecule has 0 spiro atoms. The molecule has 0 aliphatic carbocycles. The van der Waals surface area contributed by atoms with Crippen molar-refractivity contribution in [3.8, 4) is 0 Å². The first-order valence-corrected chi connectivity index (χ1v) is 5.18. The summed E-state index contributed by atoms with van der Waals surface area (Å²) in [6.45, 7) is 0. The van der Waals surface area contributed by atoms with Crippen LogP contribution in [-0.2, 0) is 0 Å². The van der Waals surface area contributed by atoms with Crippen molar-refractivity contribution in [1.29, 1.82) is 0 Å². The first kappa shape index (κ1) is 10.7. The largest absolute Gasteiger partial charge is 0.489 e. The van der Waals surface area contributed by atoms with Crippen LogP contribution in [0.1, 0.15) is 0 Å². The van der Waals surface area contributed by atoms with Crippen LogP contribution in [0.2, 0.25) is 0 Å². The first-order chi connectivity index (χ1) is 5.52. The van der Waals surface area contributed by atoms with Crippen molar-refractivity contribution >= 4 is 57.8 Å². The Hall–Kier alpha value is 0.595. The molecule has 0 fully saturated rings. The third-order valence-electron chi connectivity index (χ3n) is 1.30. The molecule has 64 valence electrons. The number of benzene rings is 1. The molecule has 0 radical (unpaired) electrons. The quantitative estimate of drug-likeness (QED) is 0.421. The Morgan fingerprint density at radius 2 is 1.83 bits per heavy atom. The first-order valence-electron chi connectivity index (χ1n) is 3.03. The van der Waals surface area contributed by atoms with Crippen LogP contribution in [0, 0.1) is 13.0 Å². The smallest absolute Gasteiger partial charge is 0.423 e. The molecule has 1 rings (SSSR count). The number of hydrogen-bond donors (Lipinski definition) is 2. The average molecular weight is 392 g/mol. The van der Waals surface area contributed by atoms with Gasteiger partial charge in [0.1, 0.15) is 5.82 Å². The molecule has 2 N–H and O–H groups in total. The van der Waals surface area contributed by atoms with E-state index in [4.69, 9.17) is 10.0 Å².